The minimum Gasteiger partial charge on any atom is -0.604 e. The van der Waals surface area contributed by atoms with Crippen molar-refractivity contribution in [2.75, 3.05) is 7.11 Å². The molecule has 2 rings (SSSR count). The predicted molar refractivity (Wildman–Crippen MR) is 63.0 cm³/mol. The number of fused-ring (bicyclic) bond motifs is 1. The molecule has 2 aromatic carbocycles. The Hall–Kier alpha value is -1.40. The van der Waals surface area contributed by atoms with Gasteiger partial charge in [0.2, 0.25) is 4.90 Å². The molecule has 0 aliphatic rings. The number of methoxy groups -OCH3 is 1. The van der Waals surface area contributed by atoms with Gasteiger partial charge in [0.05, 0.1) is 7.11 Å². The van der Waals surface area contributed by atoms with Crippen molar-refractivity contribution in [1.29, 1.82) is 0 Å². The van der Waals surface area contributed by atoms with Gasteiger partial charge in [-0.05, 0) is 17.5 Å². The van der Waals surface area contributed by atoms with Gasteiger partial charge in [0.15, 0.2) is 5.75 Å². The van der Waals surface area contributed by atoms with E-state index in [9.17, 15) is 17.7 Å². The quantitative estimate of drug-likeness (QED) is 0.785. The molecule has 0 radical (unpaired) electrons. The minimum absolute atomic E-state index is 0.0237. The zero-order chi connectivity index (χ0) is 13.3. The van der Waals surface area contributed by atoms with E-state index in [0.29, 0.717) is 5.39 Å². The van der Waals surface area contributed by atoms with Crippen LogP contribution in [0.2, 0.25) is 0 Å². The standard InChI is InChI=1S/C12H9F3O2S/c1-17-10-7-6-8-4-2-3-5-9(8)11(10)18(16)12(13,14)15/h2-7H,1H3. The summed E-state index contributed by atoms with van der Waals surface area (Å²) in [6, 6.07) is 9.48. The van der Waals surface area contributed by atoms with Crippen LogP contribution in [0.4, 0.5) is 13.2 Å². The average Bonchev–Trinajstić information content (AvgIpc) is 2.35. The second-order valence-electron chi connectivity index (χ2n) is 3.53. The fourth-order valence-corrected chi connectivity index (χ4v) is 2.64. The second kappa shape index (κ2) is 4.70. The van der Waals surface area contributed by atoms with E-state index in [1.807, 2.05) is 0 Å². The van der Waals surface area contributed by atoms with Gasteiger partial charge in [0.1, 0.15) is 11.2 Å². The number of ether oxygens (including phenoxy) is 1. The first kappa shape index (κ1) is 13.0. The summed E-state index contributed by atoms with van der Waals surface area (Å²) in [5.74, 6) is -0.0237. The van der Waals surface area contributed by atoms with E-state index in [0.717, 1.165) is 0 Å². The van der Waals surface area contributed by atoms with Crippen molar-refractivity contribution in [3.63, 3.8) is 0 Å². The molecule has 2 nitrogen and oxygen atoms in total. The number of alkyl halides is 3. The molecule has 96 valence electrons. The molecule has 0 N–H and O–H groups in total. The highest BCUT2D eigenvalue weighted by atomic mass is 32.2. The third-order valence-corrected chi connectivity index (χ3v) is 3.67. The summed E-state index contributed by atoms with van der Waals surface area (Å²) in [5, 5.41) is 0.874. The van der Waals surface area contributed by atoms with Gasteiger partial charge >= 0.3 is 5.51 Å². The maximum absolute atomic E-state index is 12.6. The summed E-state index contributed by atoms with van der Waals surface area (Å²) in [6.45, 7) is 0. The molecule has 0 saturated carbocycles. The number of halogens is 3. The monoisotopic (exact) mass is 274 g/mol. The maximum atomic E-state index is 12.6. The lowest BCUT2D eigenvalue weighted by atomic mass is 10.1. The Morgan fingerprint density at radius 3 is 2.39 bits per heavy atom. The molecule has 0 bridgehead atoms. The lowest BCUT2D eigenvalue weighted by molar-refractivity contribution is -0.0435. The van der Waals surface area contributed by atoms with Crippen molar-refractivity contribution in [1.82, 2.24) is 0 Å². The molecule has 0 fully saturated rings. The molecule has 0 heterocycles. The second-order valence-corrected chi connectivity index (χ2v) is 4.94. The van der Waals surface area contributed by atoms with E-state index in [-0.39, 0.29) is 16.0 Å². The molecule has 0 aromatic heterocycles. The topological polar surface area (TPSA) is 32.3 Å². The first-order chi connectivity index (χ1) is 8.45. The third-order valence-electron chi connectivity index (χ3n) is 2.46. The van der Waals surface area contributed by atoms with Crippen LogP contribution in [0.3, 0.4) is 0 Å². The molecule has 0 saturated heterocycles. The molecule has 6 heteroatoms. The molecular weight excluding hydrogens is 265 g/mol. The fraction of sp³-hybridized carbons (Fsp3) is 0.167. The van der Waals surface area contributed by atoms with Crippen LogP contribution in [0.15, 0.2) is 41.3 Å². The number of rotatable bonds is 2. The van der Waals surface area contributed by atoms with E-state index in [1.54, 1.807) is 24.3 Å². The molecule has 0 aliphatic heterocycles. The molecule has 2 aromatic rings. The molecule has 1 unspecified atom stereocenters. The lowest BCUT2D eigenvalue weighted by Gasteiger charge is -2.16. The van der Waals surface area contributed by atoms with Gasteiger partial charge in [-0.15, -0.1) is 13.2 Å². The van der Waals surface area contributed by atoms with Gasteiger partial charge in [0.25, 0.3) is 0 Å². The largest absolute Gasteiger partial charge is 0.604 e. The van der Waals surface area contributed by atoms with Crippen molar-refractivity contribution in [2.45, 2.75) is 10.4 Å². The van der Waals surface area contributed by atoms with E-state index >= 15 is 0 Å². The summed E-state index contributed by atoms with van der Waals surface area (Å²) in [5.41, 5.74) is -4.81. The molecule has 0 amide bonds. The van der Waals surface area contributed by atoms with Crippen molar-refractivity contribution in [2.24, 2.45) is 0 Å². The Morgan fingerprint density at radius 2 is 1.78 bits per heavy atom. The highest BCUT2D eigenvalue weighted by Gasteiger charge is 2.48. The minimum atomic E-state index is -4.81. The van der Waals surface area contributed by atoms with Crippen LogP contribution in [0.25, 0.3) is 10.8 Å². The number of benzene rings is 2. The fourth-order valence-electron chi connectivity index (χ4n) is 1.69. The molecule has 0 spiro atoms. The van der Waals surface area contributed by atoms with E-state index in [2.05, 4.69) is 0 Å². The molecular formula is C12H9F3O2S. The Morgan fingerprint density at radius 1 is 1.11 bits per heavy atom. The summed E-state index contributed by atoms with van der Waals surface area (Å²) in [4.78, 5) is -0.330. The van der Waals surface area contributed by atoms with Crippen LogP contribution >= 0.6 is 0 Å². The zero-order valence-corrected chi connectivity index (χ0v) is 10.1. The highest BCUT2D eigenvalue weighted by molar-refractivity contribution is 7.92. The van der Waals surface area contributed by atoms with Gasteiger partial charge < -0.3 is 9.29 Å². The maximum Gasteiger partial charge on any atom is 0.578 e. The van der Waals surface area contributed by atoms with Crippen molar-refractivity contribution >= 4 is 21.9 Å². The molecule has 1 atom stereocenters. The first-order valence-electron chi connectivity index (χ1n) is 4.99. The summed E-state index contributed by atoms with van der Waals surface area (Å²) >= 11 is -3.11. The third kappa shape index (κ3) is 2.26. The van der Waals surface area contributed by atoms with E-state index in [1.165, 1.54) is 19.2 Å². The van der Waals surface area contributed by atoms with Crippen molar-refractivity contribution < 1.29 is 22.5 Å². The van der Waals surface area contributed by atoms with Crippen LogP contribution in [-0.4, -0.2) is 17.2 Å². The van der Waals surface area contributed by atoms with Gasteiger partial charge in [-0.3, -0.25) is 0 Å². The van der Waals surface area contributed by atoms with Gasteiger partial charge in [-0.25, -0.2) is 0 Å². The van der Waals surface area contributed by atoms with Crippen molar-refractivity contribution in [3.8, 4) is 5.75 Å². The Bertz CT molecular complexity index is 569. The van der Waals surface area contributed by atoms with Gasteiger partial charge in [-0.1, -0.05) is 24.3 Å². The SMILES string of the molecule is COc1ccc2ccccc2c1[S+]([O-])C(F)(F)F. The Labute approximate surface area is 105 Å². The molecule has 18 heavy (non-hydrogen) atoms. The van der Waals surface area contributed by atoms with Crippen LogP contribution < -0.4 is 4.74 Å². The van der Waals surface area contributed by atoms with Crippen LogP contribution in [0.5, 0.6) is 5.75 Å². The van der Waals surface area contributed by atoms with Crippen molar-refractivity contribution in [3.05, 3.63) is 36.4 Å². The number of hydrogen-bond acceptors (Lipinski definition) is 2. The smallest absolute Gasteiger partial charge is 0.578 e. The average molecular weight is 274 g/mol. The Kier molecular flexibility index (Phi) is 3.41. The summed E-state index contributed by atoms with van der Waals surface area (Å²) in [6.07, 6.45) is 0. The van der Waals surface area contributed by atoms with Gasteiger partial charge in [-0.2, -0.15) is 0 Å². The predicted octanol–water partition coefficient (Wildman–Crippen LogP) is 3.48. The van der Waals surface area contributed by atoms with Crippen LogP contribution in [0, 0.1) is 0 Å². The molecule has 0 aliphatic carbocycles. The number of hydrogen-bond donors (Lipinski definition) is 0. The Balaban J connectivity index is 2.72. The van der Waals surface area contributed by atoms with E-state index < -0.39 is 16.7 Å². The normalized spacial score (nSPS) is 13.6. The van der Waals surface area contributed by atoms with Gasteiger partial charge in [0, 0.05) is 5.39 Å². The lowest BCUT2D eigenvalue weighted by Crippen LogP contribution is -2.24. The first-order valence-corrected chi connectivity index (χ1v) is 6.14. The zero-order valence-electron chi connectivity index (χ0n) is 9.32. The summed E-state index contributed by atoms with van der Waals surface area (Å²) < 4.78 is 54.3. The van der Waals surface area contributed by atoms with Crippen LogP contribution in [-0.2, 0) is 11.2 Å². The highest BCUT2D eigenvalue weighted by Crippen LogP contribution is 2.39. The summed E-state index contributed by atoms with van der Waals surface area (Å²) in [7, 11) is 1.25. The van der Waals surface area contributed by atoms with E-state index in [4.69, 9.17) is 4.74 Å². The van der Waals surface area contributed by atoms with Crippen LogP contribution in [0.1, 0.15) is 0 Å².